The van der Waals surface area contributed by atoms with Crippen LogP contribution >= 0.6 is 12.6 Å². The fraction of sp³-hybridized carbons (Fsp3) is 0.533. The number of carbonyl (C=O) groups excluding carboxylic acids is 1. The van der Waals surface area contributed by atoms with E-state index in [1.54, 1.807) is 0 Å². The van der Waals surface area contributed by atoms with Crippen molar-refractivity contribution >= 4 is 24.3 Å². The third-order valence-corrected chi connectivity index (χ3v) is 2.86. The van der Waals surface area contributed by atoms with Crippen LogP contribution in [0.5, 0.6) is 0 Å². The number of urea groups is 1. The van der Waals surface area contributed by atoms with Gasteiger partial charge in [-0.05, 0) is 37.5 Å². The number of aryl methyl sites for hydroxylation is 1. The highest BCUT2D eigenvalue weighted by molar-refractivity contribution is 7.80. The van der Waals surface area contributed by atoms with Crippen molar-refractivity contribution in [2.45, 2.75) is 58.4 Å². The number of hydrogen-bond acceptors (Lipinski definition) is 2. The number of benzene rings is 1. The molecule has 1 saturated carbocycles. The fourth-order valence-corrected chi connectivity index (χ4v) is 1.48. The Morgan fingerprint density at radius 1 is 1.21 bits per heavy atom. The van der Waals surface area contributed by atoms with E-state index < -0.39 is 0 Å². The number of rotatable bonds is 2. The number of hydrogen-bond donors (Lipinski definition) is 3. The third-order valence-electron chi connectivity index (χ3n) is 2.38. The van der Waals surface area contributed by atoms with Crippen molar-refractivity contribution in [3.8, 4) is 0 Å². The summed E-state index contributed by atoms with van der Waals surface area (Å²) < 4.78 is 0. The van der Waals surface area contributed by atoms with Crippen molar-refractivity contribution in [2.75, 3.05) is 5.32 Å². The smallest absolute Gasteiger partial charge is 0.319 e. The van der Waals surface area contributed by atoms with Crippen LogP contribution in [0.15, 0.2) is 23.1 Å². The lowest BCUT2D eigenvalue weighted by atomic mass is 10.2. The molecule has 1 aromatic rings. The highest BCUT2D eigenvalue weighted by atomic mass is 32.1. The van der Waals surface area contributed by atoms with Crippen molar-refractivity contribution in [2.24, 2.45) is 0 Å². The quantitative estimate of drug-likeness (QED) is 0.681. The minimum atomic E-state index is -0.130. The Bertz CT molecular complexity index is 390. The maximum Gasteiger partial charge on any atom is 0.319 e. The number of anilines is 1. The number of nitrogens with one attached hydrogen (secondary N) is 2. The molecule has 1 aromatic carbocycles. The SMILES string of the molecule is CC.CC.Cc1ccc(NC(=O)NC2CC2)cc1S. The van der Waals surface area contributed by atoms with Gasteiger partial charge >= 0.3 is 6.03 Å². The standard InChI is InChI=1S/C11H14N2OS.2C2H6/c1-7-2-3-9(6-10(7)15)13-11(14)12-8-4-5-8;2*1-2/h2-3,6,8,15H,4-5H2,1H3,(H2,12,13,14);2*1-2H3. The number of amides is 2. The molecule has 1 fully saturated rings. The van der Waals surface area contributed by atoms with Crippen LogP contribution in [-0.2, 0) is 0 Å². The van der Waals surface area contributed by atoms with Crippen LogP contribution in [0.3, 0.4) is 0 Å². The molecule has 0 unspecified atom stereocenters. The summed E-state index contributed by atoms with van der Waals surface area (Å²) in [5.74, 6) is 0. The van der Waals surface area contributed by atoms with Crippen molar-refractivity contribution in [3.63, 3.8) is 0 Å². The van der Waals surface area contributed by atoms with Gasteiger partial charge in [0.1, 0.15) is 0 Å². The van der Waals surface area contributed by atoms with Gasteiger partial charge in [-0.1, -0.05) is 33.8 Å². The summed E-state index contributed by atoms with van der Waals surface area (Å²) in [6, 6.07) is 5.92. The molecule has 108 valence electrons. The van der Waals surface area contributed by atoms with E-state index in [-0.39, 0.29) is 6.03 Å². The first kappa shape index (κ1) is 17.8. The molecule has 0 spiro atoms. The molecule has 0 heterocycles. The molecule has 0 bridgehead atoms. The topological polar surface area (TPSA) is 41.1 Å². The summed E-state index contributed by atoms with van der Waals surface area (Å²) in [6.07, 6.45) is 2.19. The highest BCUT2D eigenvalue weighted by Gasteiger charge is 2.23. The fourth-order valence-electron chi connectivity index (χ4n) is 1.27. The van der Waals surface area contributed by atoms with Crippen LogP contribution in [0, 0.1) is 6.92 Å². The molecule has 2 rings (SSSR count). The lowest BCUT2D eigenvalue weighted by Crippen LogP contribution is -2.30. The van der Waals surface area contributed by atoms with Gasteiger partial charge in [0, 0.05) is 16.6 Å². The van der Waals surface area contributed by atoms with Gasteiger partial charge in [0.25, 0.3) is 0 Å². The molecule has 3 nitrogen and oxygen atoms in total. The van der Waals surface area contributed by atoms with Crippen molar-refractivity contribution in [1.82, 2.24) is 5.32 Å². The van der Waals surface area contributed by atoms with E-state index in [2.05, 4.69) is 23.3 Å². The number of carbonyl (C=O) groups is 1. The van der Waals surface area contributed by atoms with Crippen LogP contribution in [0.4, 0.5) is 10.5 Å². The molecule has 0 radical (unpaired) electrons. The molecule has 1 aliphatic carbocycles. The average molecular weight is 282 g/mol. The van der Waals surface area contributed by atoms with Crippen LogP contribution < -0.4 is 10.6 Å². The zero-order valence-corrected chi connectivity index (χ0v) is 13.5. The molecule has 19 heavy (non-hydrogen) atoms. The molecule has 0 atom stereocenters. The Morgan fingerprint density at radius 3 is 2.26 bits per heavy atom. The normalized spacial score (nSPS) is 12.3. The highest BCUT2D eigenvalue weighted by Crippen LogP contribution is 2.20. The molecule has 0 aromatic heterocycles. The van der Waals surface area contributed by atoms with E-state index in [1.165, 1.54) is 0 Å². The van der Waals surface area contributed by atoms with Crippen LogP contribution in [-0.4, -0.2) is 12.1 Å². The van der Waals surface area contributed by atoms with Gasteiger partial charge in [0.15, 0.2) is 0 Å². The average Bonchev–Trinajstić information content (AvgIpc) is 3.22. The molecule has 0 saturated heterocycles. The third kappa shape index (κ3) is 7.11. The Balaban J connectivity index is 0.000000741. The lowest BCUT2D eigenvalue weighted by molar-refractivity contribution is 0.251. The van der Waals surface area contributed by atoms with Crippen molar-refractivity contribution < 1.29 is 4.79 Å². The van der Waals surface area contributed by atoms with Gasteiger partial charge in [-0.15, -0.1) is 12.6 Å². The van der Waals surface area contributed by atoms with Gasteiger partial charge in [-0.25, -0.2) is 4.79 Å². The van der Waals surface area contributed by atoms with E-state index in [4.69, 9.17) is 0 Å². The van der Waals surface area contributed by atoms with E-state index in [1.807, 2.05) is 52.8 Å². The molecular weight excluding hydrogens is 256 g/mol. The summed E-state index contributed by atoms with van der Waals surface area (Å²) in [4.78, 5) is 12.3. The van der Waals surface area contributed by atoms with Crippen LogP contribution in [0.2, 0.25) is 0 Å². The zero-order chi connectivity index (χ0) is 14.8. The second kappa shape index (κ2) is 9.73. The largest absolute Gasteiger partial charge is 0.335 e. The summed E-state index contributed by atoms with van der Waals surface area (Å²) in [7, 11) is 0. The van der Waals surface area contributed by atoms with Crippen molar-refractivity contribution in [1.29, 1.82) is 0 Å². The molecule has 1 aliphatic rings. The minimum Gasteiger partial charge on any atom is -0.335 e. The first-order chi connectivity index (χ1) is 9.15. The maximum absolute atomic E-state index is 11.4. The van der Waals surface area contributed by atoms with Gasteiger partial charge < -0.3 is 10.6 Å². The predicted molar refractivity (Wildman–Crippen MR) is 86.3 cm³/mol. The van der Waals surface area contributed by atoms with Crippen LogP contribution in [0.1, 0.15) is 46.1 Å². The first-order valence-electron chi connectivity index (χ1n) is 7.02. The molecule has 2 amide bonds. The molecule has 2 N–H and O–H groups in total. The summed E-state index contributed by atoms with van der Waals surface area (Å²) >= 11 is 4.30. The van der Waals surface area contributed by atoms with Gasteiger partial charge in [0.2, 0.25) is 0 Å². The van der Waals surface area contributed by atoms with Gasteiger partial charge in [0.05, 0.1) is 0 Å². The van der Waals surface area contributed by atoms with E-state index in [9.17, 15) is 4.79 Å². The summed E-state index contributed by atoms with van der Waals surface area (Å²) in [6.45, 7) is 9.98. The Hall–Kier alpha value is -1.16. The van der Waals surface area contributed by atoms with E-state index in [0.717, 1.165) is 29.0 Å². The Labute approximate surface area is 122 Å². The first-order valence-corrected chi connectivity index (χ1v) is 7.47. The maximum atomic E-state index is 11.4. The van der Waals surface area contributed by atoms with Crippen molar-refractivity contribution in [3.05, 3.63) is 23.8 Å². The minimum absolute atomic E-state index is 0.130. The predicted octanol–water partition coefficient (Wildman–Crippen LogP) is 4.62. The zero-order valence-electron chi connectivity index (χ0n) is 12.6. The lowest BCUT2D eigenvalue weighted by Gasteiger charge is -2.07. The molecule has 4 heteroatoms. The number of thiol groups is 1. The van der Waals surface area contributed by atoms with Gasteiger partial charge in [-0.3, -0.25) is 0 Å². The summed E-state index contributed by atoms with van der Waals surface area (Å²) in [5, 5.41) is 5.64. The monoisotopic (exact) mass is 282 g/mol. The second-order valence-electron chi connectivity index (χ2n) is 3.87. The van der Waals surface area contributed by atoms with Crippen LogP contribution in [0.25, 0.3) is 0 Å². The van der Waals surface area contributed by atoms with Gasteiger partial charge in [-0.2, -0.15) is 0 Å². The second-order valence-corrected chi connectivity index (χ2v) is 4.36. The Kier molecular flexibility index (Phi) is 9.13. The van der Waals surface area contributed by atoms with E-state index in [0.29, 0.717) is 6.04 Å². The Morgan fingerprint density at radius 2 is 1.79 bits per heavy atom. The van der Waals surface area contributed by atoms with E-state index >= 15 is 0 Å². The molecule has 0 aliphatic heterocycles. The summed E-state index contributed by atoms with van der Waals surface area (Å²) in [5.41, 5.74) is 1.88. The molecular formula is C15H26N2OS.